The third-order valence-corrected chi connectivity index (χ3v) is 2.50. The Balaban J connectivity index is 0.00000106. The molecule has 0 bridgehead atoms. The number of ether oxygens (including phenoxy) is 1. The van der Waals surface area contributed by atoms with Crippen LogP contribution in [0.2, 0.25) is 0 Å². The summed E-state index contributed by atoms with van der Waals surface area (Å²) in [4.78, 5) is 25.5. The van der Waals surface area contributed by atoms with Crippen molar-refractivity contribution in [2.75, 3.05) is 5.32 Å². The van der Waals surface area contributed by atoms with Gasteiger partial charge in [0.1, 0.15) is 12.3 Å². The first-order valence-corrected chi connectivity index (χ1v) is 6.82. The van der Waals surface area contributed by atoms with Crippen LogP contribution < -0.4 is 10.9 Å². The van der Waals surface area contributed by atoms with Gasteiger partial charge in [-0.3, -0.25) is 10.1 Å². The predicted octanol–water partition coefficient (Wildman–Crippen LogP) is 3.46. The third kappa shape index (κ3) is 5.52. The number of hydrogen-bond acceptors (Lipinski definition) is 3. The fraction of sp³-hybridized carbons (Fsp3) is 0.250. The Labute approximate surface area is 124 Å². The van der Waals surface area contributed by atoms with Crippen molar-refractivity contribution >= 4 is 11.8 Å². The van der Waals surface area contributed by atoms with Crippen LogP contribution in [0.25, 0.3) is 0 Å². The summed E-state index contributed by atoms with van der Waals surface area (Å²) in [6, 6.07) is 10.9. The highest BCUT2D eigenvalue weighted by Crippen LogP contribution is 2.04. The van der Waals surface area contributed by atoms with E-state index in [1.54, 1.807) is 12.3 Å². The quantitative estimate of drug-likeness (QED) is 0.908. The van der Waals surface area contributed by atoms with Crippen molar-refractivity contribution in [3.8, 4) is 0 Å². The molecule has 5 heteroatoms. The first-order chi connectivity index (χ1) is 10.1. The minimum absolute atomic E-state index is 0.163. The minimum Gasteiger partial charge on any atom is -0.444 e. The minimum atomic E-state index is -0.653. The zero-order valence-electron chi connectivity index (χ0n) is 12.5. The van der Waals surface area contributed by atoms with Crippen molar-refractivity contribution in [2.45, 2.75) is 27.4 Å². The van der Waals surface area contributed by atoms with Crippen molar-refractivity contribution in [2.24, 2.45) is 0 Å². The van der Waals surface area contributed by atoms with Gasteiger partial charge in [-0.1, -0.05) is 44.2 Å². The monoisotopic (exact) mass is 288 g/mol. The molecule has 1 aromatic carbocycles. The molecule has 1 amide bonds. The summed E-state index contributed by atoms with van der Waals surface area (Å²) in [6.07, 6.45) is 0.919. The molecule has 0 aliphatic carbocycles. The van der Waals surface area contributed by atoms with Crippen LogP contribution in [0.5, 0.6) is 0 Å². The number of carbonyl (C=O) groups excluding carboxylic acids is 1. The van der Waals surface area contributed by atoms with E-state index >= 15 is 0 Å². The van der Waals surface area contributed by atoms with Gasteiger partial charge in [0.15, 0.2) is 0 Å². The molecular formula is C16H20N2O3. The molecule has 2 rings (SSSR count). The second-order valence-corrected chi connectivity index (χ2v) is 4.11. The first-order valence-electron chi connectivity index (χ1n) is 6.82. The van der Waals surface area contributed by atoms with Gasteiger partial charge in [-0.05, 0) is 24.1 Å². The lowest BCUT2D eigenvalue weighted by Crippen LogP contribution is -2.20. The molecule has 21 heavy (non-hydrogen) atoms. The van der Waals surface area contributed by atoms with E-state index in [2.05, 4.69) is 10.3 Å². The molecule has 0 aliphatic heterocycles. The first kappa shape index (κ1) is 16.5. The zero-order chi connectivity index (χ0) is 15.7. The molecular weight excluding hydrogens is 268 g/mol. The molecule has 1 aromatic heterocycles. The molecule has 0 fully saturated rings. The Kier molecular flexibility index (Phi) is 6.74. The van der Waals surface area contributed by atoms with Crippen LogP contribution in [0.1, 0.15) is 25.0 Å². The topological polar surface area (TPSA) is 71.2 Å². The number of H-pyrrole nitrogens is 1. The third-order valence-electron chi connectivity index (χ3n) is 2.50. The molecule has 0 saturated carbocycles. The molecule has 5 nitrogen and oxygen atoms in total. The maximum absolute atomic E-state index is 11.6. The highest BCUT2D eigenvalue weighted by molar-refractivity contribution is 5.84. The van der Waals surface area contributed by atoms with Gasteiger partial charge in [0.25, 0.3) is 5.56 Å². The van der Waals surface area contributed by atoms with E-state index in [4.69, 9.17) is 4.74 Å². The van der Waals surface area contributed by atoms with Gasteiger partial charge < -0.3 is 9.72 Å². The van der Waals surface area contributed by atoms with Crippen molar-refractivity contribution in [3.05, 3.63) is 64.1 Å². The fourth-order valence-electron chi connectivity index (χ4n) is 1.55. The van der Waals surface area contributed by atoms with E-state index in [0.29, 0.717) is 0 Å². The average molecular weight is 288 g/mol. The highest BCUT2D eigenvalue weighted by atomic mass is 16.5. The standard InChI is InChI=1S/C14H14N2O3.C2H6/c1-10-7-12(13(17)15-8-10)16-14(18)19-9-11-5-3-2-4-6-11;1-2/h2-8H,9H2,1H3,(H,15,17)(H,16,18);1-2H3. The number of carbonyl (C=O) groups is 1. The molecule has 0 atom stereocenters. The summed E-state index contributed by atoms with van der Waals surface area (Å²) < 4.78 is 5.02. The van der Waals surface area contributed by atoms with Crippen LogP contribution >= 0.6 is 0 Å². The van der Waals surface area contributed by atoms with E-state index in [-0.39, 0.29) is 17.9 Å². The SMILES string of the molecule is CC.Cc1c[nH]c(=O)c(NC(=O)OCc2ccccc2)c1. The van der Waals surface area contributed by atoms with E-state index in [9.17, 15) is 9.59 Å². The van der Waals surface area contributed by atoms with Gasteiger partial charge in [0.05, 0.1) is 0 Å². The van der Waals surface area contributed by atoms with Gasteiger partial charge in [0, 0.05) is 6.20 Å². The van der Waals surface area contributed by atoms with Gasteiger partial charge >= 0.3 is 6.09 Å². The van der Waals surface area contributed by atoms with Gasteiger partial charge in [0.2, 0.25) is 0 Å². The summed E-state index contributed by atoms with van der Waals surface area (Å²) in [7, 11) is 0. The lowest BCUT2D eigenvalue weighted by Gasteiger charge is -2.06. The average Bonchev–Trinajstić information content (AvgIpc) is 2.52. The summed E-state index contributed by atoms with van der Waals surface area (Å²) in [6.45, 7) is 5.98. The Morgan fingerprint density at radius 2 is 1.90 bits per heavy atom. The van der Waals surface area contributed by atoms with Crippen LogP contribution in [0.3, 0.4) is 0 Å². The van der Waals surface area contributed by atoms with Crippen LogP contribution in [0, 0.1) is 6.92 Å². The molecule has 112 valence electrons. The largest absolute Gasteiger partial charge is 0.444 e. The van der Waals surface area contributed by atoms with E-state index in [0.717, 1.165) is 11.1 Å². The number of nitrogens with one attached hydrogen (secondary N) is 2. The van der Waals surface area contributed by atoms with Crippen molar-refractivity contribution < 1.29 is 9.53 Å². The van der Waals surface area contributed by atoms with E-state index in [1.165, 1.54) is 0 Å². The fourth-order valence-corrected chi connectivity index (χ4v) is 1.55. The summed E-state index contributed by atoms with van der Waals surface area (Å²) in [5.74, 6) is 0. The summed E-state index contributed by atoms with van der Waals surface area (Å²) in [5, 5.41) is 2.42. The van der Waals surface area contributed by atoms with E-state index < -0.39 is 6.09 Å². The number of aromatic amines is 1. The van der Waals surface area contributed by atoms with E-state index in [1.807, 2.05) is 51.1 Å². The zero-order valence-corrected chi connectivity index (χ0v) is 12.5. The Morgan fingerprint density at radius 1 is 1.24 bits per heavy atom. The molecule has 0 aliphatic rings. The number of benzene rings is 1. The number of rotatable bonds is 3. The molecule has 0 spiro atoms. The van der Waals surface area contributed by atoms with Crippen LogP contribution in [-0.2, 0) is 11.3 Å². The van der Waals surface area contributed by atoms with Crippen molar-refractivity contribution in [3.63, 3.8) is 0 Å². The molecule has 0 radical (unpaired) electrons. The molecule has 0 saturated heterocycles. The number of hydrogen-bond donors (Lipinski definition) is 2. The number of anilines is 1. The van der Waals surface area contributed by atoms with Gasteiger partial charge in [-0.25, -0.2) is 4.79 Å². The lowest BCUT2D eigenvalue weighted by atomic mass is 10.2. The molecule has 1 heterocycles. The normalized spacial score (nSPS) is 9.29. The number of aromatic nitrogens is 1. The van der Waals surface area contributed by atoms with Crippen LogP contribution in [0.4, 0.5) is 10.5 Å². The Bertz CT molecular complexity index is 621. The van der Waals surface area contributed by atoms with Crippen LogP contribution in [-0.4, -0.2) is 11.1 Å². The number of pyridine rings is 1. The Hall–Kier alpha value is -2.56. The molecule has 2 N–H and O–H groups in total. The number of aryl methyl sites for hydroxylation is 1. The second kappa shape index (κ2) is 8.58. The smallest absolute Gasteiger partial charge is 0.412 e. The maximum atomic E-state index is 11.6. The molecule has 0 unspecified atom stereocenters. The van der Waals surface area contributed by atoms with Crippen molar-refractivity contribution in [1.82, 2.24) is 4.98 Å². The van der Waals surface area contributed by atoms with Crippen LogP contribution in [0.15, 0.2) is 47.4 Å². The van der Waals surface area contributed by atoms with Crippen molar-refractivity contribution in [1.29, 1.82) is 0 Å². The Morgan fingerprint density at radius 3 is 2.57 bits per heavy atom. The molecule has 2 aromatic rings. The van der Waals surface area contributed by atoms with Gasteiger partial charge in [-0.2, -0.15) is 0 Å². The number of amides is 1. The lowest BCUT2D eigenvalue weighted by molar-refractivity contribution is 0.155. The summed E-state index contributed by atoms with van der Waals surface area (Å²) >= 11 is 0. The highest BCUT2D eigenvalue weighted by Gasteiger charge is 2.06. The second-order valence-electron chi connectivity index (χ2n) is 4.11. The van der Waals surface area contributed by atoms with Gasteiger partial charge in [-0.15, -0.1) is 0 Å². The summed E-state index contributed by atoms with van der Waals surface area (Å²) in [5.41, 5.74) is 1.55. The maximum Gasteiger partial charge on any atom is 0.412 e. The predicted molar refractivity (Wildman–Crippen MR) is 83.4 cm³/mol.